The zero-order chi connectivity index (χ0) is 10.7. The minimum atomic E-state index is 0.142. The molecule has 1 aromatic heterocycles. The Balaban J connectivity index is 1.82. The fourth-order valence-electron chi connectivity index (χ4n) is 1.87. The van der Waals surface area contributed by atoms with Gasteiger partial charge in [-0.05, 0) is 34.9 Å². The minimum absolute atomic E-state index is 0.142. The van der Waals surface area contributed by atoms with Crippen molar-refractivity contribution in [2.45, 2.75) is 13.5 Å². The monoisotopic (exact) mass is 224 g/mol. The van der Waals surface area contributed by atoms with Gasteiger partial charge >= 0.3 is 0 Å². The van der Waals surface area contributed by atoms with Crippen molar-refractivity contribution in [3.8, 4) is 0 Å². The standard InChI is InChI=1S/C11H16N2OS/c1-8-4-12-6-10(8)11(14)13-5-9-2-3-15-7-9/h2-3,7-8,10,12H,4-6H2,1H3,(H,13,14). The van der Waals surface area contributed by atoms with E-state index < -0.39 is 0 Å². The third-order valence-corrected chi connectivity index (χ3v) is 3.63. The first-order valence-electron chi connectivity index (χ1n) is 5.27. The number of carbonyl (C=O) groups excluding carboxylic acids is 1. The van der Waals surface area contributed by atoms with E-state index in [1.54, 1.807) is 11.3 Å². The highest BCUT2D eigenvalue weighted by Crippen LogP contribution is 2.16. The van der Waals surface area contributed by atoms with Crippen LogP contribution in [0.1, 0.15) is 12.5 Å². The van der Waals surface area contributed by atoms with Crippen molar-refractivity contribution in [2.75, 3.05) is 13.1 Å². The Bertz CT molecular complexity index is 323. The first kappa shape index (κ1) is 10.6. The molecule has 0 spiro atoms. The van der Waals surface area contributed by atoms with Crippen molar-refractivity contribution in [1.82, 2.24) is 10.6 Å². The molecule has 15 heavy (non-hydrogen) atoms. The summed E-state index contributed by atoms with van der Waals surface area (Å²) in [5, 5.41) is 10.3. The Morgan fingerprint density at radius 1 is 1.67 bits per heavy atom. The van der Waals surface area contributed by atoms with E-state index in [0.717, 1.165) is 13.1 Å². The summed E-state index contributed by atoms with van der Waals surface area (Å²) < 4.78 is 0. The first-order valence-corrected chi connectivity index (χ1v) is 6.21. The molecule has 0 saturated carbocycles. The van der Waals surface area contributed by atoms with E-state index in [4.69, 9.17) is 0 Å². The Labute approximate surface area is 93.9 Å². The summed E-state index contributed by atoms with van der Waals surface area (Å²) in [6.07, 6.45) is 0. The molecule has 2 heterocycles. The average Bonchev–Trinajstić information content (AvgIpc) is 2.84. The van der Waals surface area contributed by atoms with E-state index in [1.165, 1.54) is 5.56 Å². The molecule has 1 aliphatic heterocycles. The predicted molar refractivity (Wildman–Crippen MR) is 61.7 cm³/mol. The maximum atomic E-state index is 11.8. The van der Waals surface area contributed by atoms with Gasteiger partial charge in [0.1, 0.15) is 0 Å². The second-order valence-corrected chi connectivity index (χ2v) is 4.87. The van der Waals surface area contributed by atoms with Crippen molar-refractivity contribution in [1.29, 1.82) is 0 Å². The number of thiophene rings is 1. The first-order chi connectivity index (χ1) is 7.27. The van der Waals surface area contributed by atoms with Crippen LogP contribution in [0.5, 0.6) is 0 Å². The average molecular weight is 224 g/mol. The molecule has 0 aliphatic carbocycles. The van der Waals surface area contributed by atoms with Crippen LogP contribution in [0.25, 0.3) is 0 Å². The fourth-order valence-corrected chi connectivity index (χ4v) is 2.54. The summed E-state index contributed by atoms with van der Waals surface area (Å²) in [4.78, 5) is 11.8. The predicted octanol–water partition coefficient (Wildman–Crippen LogP) is 1.22. The van der Waals surface area contributed by atoms with Crippen molar-refractivity contribution < 1.29 is 4.79 Å². The molecule has 1 saturated heterocycles. The van der Waals surface area contributed by atoms with Gasteiger partial charge in [-0.2, -0.15) is 11.3 Å². The van der Waals surface area contributed by atoms with Gasteiger partial charge in [-0.15, -0.1) is 0 Å². The van der Waals surface area contributed by atoms with Gasteiger partial charge < -0.3 is 10.6 Å². The molecular formula is C11H16N2OS. The lowest BCUT2D eigenvalue weighted by molar-refractivity contribution is -0.125. The highest BCUT2D eigenvalue weighted by molar-refractivity contribution is 7.07. The molecule has 2 atom stereocenters. The summed E-state index contributed by atoms with van der Waals surface area (Å²) >= 11 is 1.66. The van der Waals surface area contributed by atoms with Crippen LogP contribution in [0.2, 0.25) is 0 Å². The molecule has 4 heteroatoms. The maximum absolute atomic E-state index is 11.8. The van der Waals surface area contributed by atoms with Crippen molar-refractivity contribution in [2.24, 2.45) is 11.8 Å². The Hall–Kier alpha value is -0.870. The summed E-state index contributed by atoms with van der Waals surface area (Å²) in [7, 11) is 0. The third-order valence-electron chi connectivity index (χ3n) is 2.90. The zero-order valence-corrected chi connectivity index (χ0v) is 9.64. The van der Waals surface area contributed by atoms with Gasteiger partial charge in [0.15, 0.2) is 0 Å². The zero-order valence-electron chi connectivity index (χ0n) is 8.82. The lowest BCUT2D eigenvalue weighted by Gasteiger charge is -2.13. The Kier molecular flexibility index (Phi) is 3.38. The fraction of sp³-hybridized carbons (Fsp3) is 0.545. The van der Waals surface area contributed by atoms with Crippen LogP contribution >= 0.6 is 11.3 Å². The van der Waals surface area contributed by atoms with E-state index in [0.29, 0.717) is 12.5 Å². The Morgan fingerprint density at radius 2 is 2.53 bits per heavy atom. The van der Waals surface area contributed by atoms with Gasteiger partial charge in [0.25, 0.3) is 0 Å². The molecule has 0 radical (unpaired) electrons. The molecule has 0 bridgehead atoms. The van der Waals surface area contributed by atoms with Crippen molar-refractivity contribution in [3.63, 3.8) is 0 Å². The molecule has 0 aromatic carbocycles. The molecule has 2 rings (SSSR count). The largest absolute Gasteiger partial charge is 0.352 e. The van der Waals surface area contributed by atoms with Crippen LogP contribution in [0.15, 0.2) is 16.8 Å². The van der Waals surface area contributed by atoms with Gasteiger partial charge in [-0.1, -0.05) is 6.92 Å². The highest BCUT2D eigenvalue weighted by atomic mass is 32.1. The third kappa shape index (κ3) is 2.58. The van der Waals surface area contributed by atoms with Crippen molar-refractivity contribution in [3.05, 3.63) is 22.4 Å². The molecule has 2 unspecified atom stereocenters. The van der Waals surface area contributed by atoms with Gasteiger partial charge in [0.2, 0.25) is 5.91 Å². The summed E-state index contributed by atoms with van der Waals surface area (Å²) in [5.41, 5.74) is 1.19. The minimum Gasteiger partial charge on any atom is -0.352 e. The van der Waals surface area contributed by atoms with Crippen LogP contribution in [0.3, 0.4) is 0 Å². The molecule has 1 aromatic rings. The number of nitrogens with one attached hydrogen (secondary N) is 2. The number of carbonyl (C=O) groups is 1. The van der Waals surface area contributed by atoms with Crippen LogP contribution in [0.4, 0.5) is 0 Å². The maximum Gasteiger partial charge on any atom is 0.224 e. The molecule has 2 N–H and O–H groups in total. The molecule has 1 fully saturated rings. The number of hydrogen-bond acceptors (Lipinski definition) is 3. The number of amides is 1. The second-order valence-electron chi connectivity index (χ2n) is 4.09. The van der Waals surface area contributed by atoms with Gasteiger partial charge in [0.05, 0.1) is 5.92 Å². The second kappa shape index (κ2) is 4.77. The molecule has 3 nitrogen and oxygen atoms in total. The van der Waals surface area contributed by atoms with E-state index >= 15 is 0 Å². The van der Waals surface area contributed by atoms with Crippen LogP contribution < -0.4 is 10.6 Å². The van der Waals surface area contributed by atoms with E-state index in [1.807, 2.05) is 11.4 Å². The number of hydrogen-bond donors (Lipinski definition) is 2. The normalized spacial score (nSPS) is 25.4. The molecular weight excluding hydrogens is 208 g/mol. The smallest absolute Gasteiger partial charge is 0.224 e. The van der Waals surface area contributed by atoms with Crippen molar-refractivity contribution >= 4 is 17.2 Å². The molecule has 1 aliphatic rings. The highest BCUT2D eigenvalue weighted by Gasteiger charge is 2.29. The van der Waals surface area contributed by atoms with E-state index in [-0.39, 0.29) is 11.8 Å². The molecule has 82 valence electrons. The summed E-state index contributed by atoms with van der Waals surface area (Å²) in [6, 6.07) is 2.04. The van der Waals surface area contributed by atoms with E-state index in [9.17, 15) is 4.79 Å². The topological polar surface area (TPSA) is 41.1 Å². The lowest BCUT2D eigenvalue weighted by Crippen LogP contribution is -2.33. The molecule has 1 amide bonds. The van der Waals surface area contributed by atoms with Crippen LogP contribution in [-0.2, 0) is 11.3 Å². The lowest BCUT2D eigenvalue weighted by atomic mass is 9.97. The SMILES string of the molecule is CC1CNCC1C(=O)NCc1ccsc1. The quantitative estimate of drug-likeness (QED) is 0.810. The summed E-state index contributed by atoms with van der Waals surface area (Å²) in [5.74, 6) is 0.773. The van der Waals surface area contributed by atoms with Gasteiger partial charge in [0, 0.05) is 13.1 Å². The van der Waals surface area contributed by atoms with Gasteiger partial charge in [-0.3, -0.25) is 4.79 Å². The van der Waals surface area contributed by atoms with Crippen LogP contribution in [0, 0.1) is 11.8 Å². The number of rotatable bonds is 3. The van der Waals surface area contributed by atoms with Gasteiger partial charge in [-0.25, -0.2) is 0 Å². The van der Waals surface area contributed by atoms with E-state index in [2.05, 4.69) is 22.9 Å². The Morgan fingerprint density at radius 3 is 3.13 bits per heavy atom. The van der Waals surface area contributed by atoms with Crippen LogP contribution in [-0.4, -0.2) is 19.0 Å². The summed E-state index contributed by atoms with van der Waals surface area (Å²) in [6.45, 7) is 4.55.